The van der Waals surface area contributed by atoms with Crippen molar-refractivity contribution in [1.82, 2.24) is 4.98 Å². The van der Waals surface area contributed by atoms with Gasteiger partial charge in [-0.25, -0.2) is 14.6 Å². The van der Waals surface area contributed by atoms with E-state index in [1.165, 1.54) is 19.3 Å². The molecule has 0 atom stereocenters. The van der Waals surface area contributed by atoms with E-state index in [4.69, 9.17) is 9.68 Å². The normalized spacial score (nSPS) is 10.7. The van der Waals surface area contributed by atoms with Crippen LogP contribution in [0.4, 0.5) is 0 Å². The van der Waals surface area contributed by atoms with Crippen LogP contribution in [0.5, 0.6) is 0 Å². The maximum Gasteiger partial charge on any atom is 0.347 e. The third kappa shape index (κ3) is 2.57. The molecular formula is C14H10N2O4. The molecule has 0 bridgehead atoms. The van der Waals surface area contributed by atoms with Gasteiger partial charge in [0.25, 0.3) is 0 Å². The van der Waals surface area contributed by atoms with E-state index in [2.05, 4.69) is 9.72 Å². The van der Waals surface area contributed by atoms with Gasteiger partial charge in [0, 0.05) is 12.2 Å². The molecule has 20 heavy (non-hydrogen) atoms. The third-order valence-corrected chi connectivity index (χ3v) is 2.63. The largest absolute Gasteiger partial charge is 0.466 e. The lowest BCUT2D eigenvalue weighted by Crippen LogP contribution is -2.05. The number of benzene rings is 1. The zero-order chi connectivity index (χ0) is 14.7. The molecule has 1 aromatic heterocycles. The summed E-state index contributed by atoms with van der Waals surface area (Å²) in [6, 6.07) is 5.02. The van der Waals surface area contributed by atoms with Crippen molar-refractivity contribution in [2.45, 2.75) is 6.92 Å². The predicted octanol–water partition coefficient (Wildman–Crippen LogP) is 1.55. The Morgan fingerprint density at radius 1 is 1.50 bits per heavy atom. The van der Waals surface area contributed by atoms with Gasteiger partial charge in [0.2, 0.25) is 5.89 Å². The average Bonchev–Trinajstić information content (AvgIpc) is 2.45. The van der Waals surface area contributed by atoms with Gasteiger partial charge in [-0.3, -0.25) is 0 Å². The molecule has 0 saturated heterocycles. The summed E-state index contributed by atoms with van der Waals surface area (Å²) in [6.45, 7) is 1.74. The maximum atomic E-state index is 11.9. The molecule has 0 aliphatic rings. The number of nitrogens with zero attached hydrogens (tertiary/aromatic N) is 2. The number of aromatic nitrogens is 1. The molecule has 2 aromatic rings. The summed E-state index contributed by atoms with van der Waals surface area (Å²) in [4.78, 5) is 27.0. The highest BCUT2D eigenvalue weighted by Gasteiger charge is 2.09. The predicted molar refractivity (Wildman–Crippen MR) is 70.8 cm³/mol. The van der Waals surface area contributed by atoms with Gasteiger partial charge in [-0.05, 0) is 24.6 Å². The van der Waals surface area contributed by atoms with Gasteiger partial charge in [-0.2, -0.15) is 5.26 Å². The molecule has 2 rings (SSSR count). The van der Waals surface area contributed by atoms with E-state index in [-0.39, 0.29) is 11.3 Å². The SMILES string of the molecule is COC(=O)C=Cc1nc2c(C)cc(C#N)cc2c(=O)o1. The second-order valence-electron chi connectivity index (χ2n) is 4.00. The number of esters is 1. The summed E-state index contributed by atoms with van der Waals surface area (Å²) in [5, 5.41) is 9.11. The lowest BCUT2D eigenvalue weighted by atomic mass is 10.1. The fourth-order valence-electron chi connectivity index (χ4n) is 1.71. The summed E-state index contributed by atoms with van der Waals surface area (Å²) in [6.07, 6.45) is 2.36. The lowest BCUT2D eigenvalue weighted by molar-refractivity contribution is -0.134. The van der Waals surface area contributed by atoms with E-state index < -0.39 is 11.6 Å². The summed E-state index contributed by atoms with van der Waals surface area (Å²) in [5.74, 6) is -0.577. The molecule has 100 valence electrons. The summed E-state index contributed by atoms with van der Waals surface area (Å²) < 4.78 is 9.40. The number of hydrogen-bond donors (Lipinski definition) is 0. The van der Waals surface area contributed by atoms with Crippen LogP contribution in [0.25, 0.3) is 17.0 Å². The van der Waals surface area contributed by atoms with Crippen molar-refractivity contribution in [2.24, 2.45) is 0 Å². The lowest BCUT2D eigenvalue weighted by Gasteiger charge is -2.02. The third-order valence-electron chi connectivity index (χ3n) is 2.63. The van der Waals surface area contributed by atoms with Crippen LogP contribution in [-0.4, -0.2) is 18.1 Å². The van der Waals surface area contributed by atoms with Gasteiger partial charge in [-0.1, -0.05) is 0 Å². The number of hydrogen-bond acceptors (Lipinski definition) is 6. The maximum absolute atomic E-state index is 11.9. The number of carbonyl (C=O) groups excluding carboxylic acids is 1. The van der Waals surface area contributed by atoms with Gasteiger partial charge < -0.3 is 9.15 Å². The van der Waals surface area contributed by atoms with Crippen molar-refractivity contribution in [1.29, 1.82) is 5.26 Å². The Kier molecular flexibility index (Phi) is 3.62. The van der Waals surface area contributed by atoms with Crippen molar-refractivity contribution < 1.29 is 13.9 Å². The molecule has 1 heterocycles. The Labute approximate surface area is 113 Å². The van der Waals surface area contributed by atoms with Crippen LogP contribution >= 0.6 is 0 Å². The van der Waals surface area contributed by atoms with E-state index in [1.54, 1.807) is 13.0 Å². The highest BCUT2D eigenvalue weighted by atomic mass is 16.5. The van der Waals surface area contributed by atoms with Crippen LogP contribution in [-0.2, 0) is 9.53 Å². The first-order valence-corrected chi connectivity index (χ1v) is 5.67. The second-order valence-corrected chi connectivity index (χ2v) is 4.00. The van der Waals surface area contributed by atoms with Crippen molar-refractivity contribution in [3.63, 3.8) is 0 Å². The molecule has 6 nitrogen and oxygen atoms in total. The molecule has 6 heteroatoms. The molecule has 0 N–H and O–H groups in total. The smallest absolute Gasteiger partial charge is 0.347 e. The van der Waals surface area contributed by atoms with Crippen molar-refractivity contribution >= 4 is 22.9 Å². The quantitative estimate of drug-likeness (QED) is 0.607. The summed E-state index contributed by atoms with van der Waals surface area (Å²) in [5.41, 5.74) is 0.867. The van der Waals surface area contributed by atoms with Crippen LogP contribution in [0.15, 0.2) is 27.4 Å². The first kappa shape index (κ1) is 13.5. The van der Waals surface area contributed by atoms with Crippen LogP contribution < -0.4 is 5.63 Å². The topological polar surface area (TPSA) is 93.2 Å². The van der Waals surface area contributed by atoms with Crippen LogP contribution in [0, 0.1) is 18.3 Å². The number of ether oxygens (including phenoxy) is 1. The minimum absolute atomic E-state index is 0.000655. The number of methoxy groups -OCH3 is 1. The van der Waals surface area contributed by atoms with Crippen molar-refractivity contribution in [3.05, 3.63) is 45.6 Å². The minimum atomic E-state index is -0.611. The van der Waals surface area contributed by atoms with Gasteiger partial charge in [-0.15, -0.1) is 0 Å². The number of fused-ring (bicyclic) bond motifs is 1. The van der Waals surface area contributed by atoms with Crippen molar-refractivity contribution in [2.75, 3.05) is 7.11 Å². The second kappa shape index (κ2) is 5.36. The zero-order valence-electron chi connectivity index (χ0n) is 10.8. The van der Waals surface area contributed by atoms with Crippen molar-refractivity contribution in [3.8, 4) is 6.07 Å². The number of nitriles is 1. The Balaban J connectivity index is 2.62. The fourth-order valence-corrected chi connectivity index (χ4v) is 1.71. The van der Waals surface area contributed by atoms with E-state index in [1.807, 2.05) is 6.07 Å². The van der Waals surface area contributed by atoms with E-state index >= 15 is 0 Å². The monoisotopic (exact) mass is 270 g/mol. The highest BCUT2D eigenvalue weighted by molar-refractivity contribution is 5.87. The molecule has 0 fully saturated rings. The minimum Gasteiger partial charge on any atom is -0.466 e. The molecule has 1 aromatic carbocycles. The molecule has 0 amide bonds. The Hall–Kier alpha value is -2.94. The zero-order valence-corrected chi connectivity index (χ0v) is 10.8. The Morgan fingerprint density at radius 2 is 2.25 bits per heavy atom. The number of rotatable bonds is 2. The van der Waals surface area contributed by atoms with E-state index in [0.29, 0.717) is 16.6 Å². The van der Waals surface area contributed by atoms with Crippen LogP contribution in [0.1, 0.15) is 17.0 Å². The number of aryl methyl sites for hydroxylation is 1. The first-order valence-electron chi connectivity index (χ1n) is 5.67. The van der Waals surface area contributed by atoms with E-state index in [9.17, 15) is 9.59 Å². The average molecular weight is 270 g/mol. The first-order chi connectivity index (χ1) is 9.55. The summed E-state index contributed by atoms with van der Waals surface area (Å²) >= 11 is 0. The standard InChI is InChI=1S/C14H10N2O4/c1-8-5-9(7-15)6-10-13(8)16-11(20-14(10)18)3-4-12(17)19-2/h3-6H,1-2H3. The van der Waals surface area contributed by atoms with Gasteiger partial charge in [0.15, 0.2) is 0 Å². The highest BCUT2D eigenvalue weighted by Crippen LogP contribution is 2.16. The van der Waals surface area contributed by atoms with Gasteiger partial charge in [0.05, 0.1) is 29.6 Å². The molecule has 0 aliphatic heterocycles. The van der Waals surface area contributed by atoms with Crippen LogP contribution in [0.2, 0.25) is 0 Å². The molecular weight excluding hydrogens is 260 g/mol. The Morgan fingerprint density at radius 3 is 2.90 bits per heavy atom. The Bertz CT molecular complexity index is 812. The molecule has 0 aliphatic carbocycles. The van der Waals surface area contributed by atoms with Gasteiger partial charge in [0.1, 0.15) is 0 Å². The van der Waals surface area contributed by atoms with E-state index in [0.717, 1.165) is 6.08 Å². The summed E-state index contributed by atoms with van der Waals surface area (Å²) in [7, 11) is 1.24. The molecule has 0 radical (unpaired) electrons. The fraction of sp³-hybridized carbons (Fsp3) is 0.143. The molecule has 0 saturated carbocycles. The van der Waals surface area contributed by atoms with Crippen LogP contribution in [0.3, 0.4) is 0 Å². The molecule has 0 spiro atoms. The number of carbonyl (C=O) groups is 1. The van der Waals surface area contributed by atoms with Gasteiger partial charge >= 0.3 is 11.6 Å². The molecule has 0 unspecified atom stereocenters.